The number of carbonyl (C=O) groups excluding carboxylic acids is 1. The Morgan fingerprint density at radius 3 is 2.44 bits per heavy atom. The van der Waals surface area contributed by atoms with E-state index in [2.05, 4.69) is 16.0 Å². The number of benzene rings is 1. The topological polar surface area (TPSA) is 114 Å². The van der Waals surface area contributed by atoms with Crippen LogP contribution < -0.4 is 9.88 Å². The molecular formula is C23H26N5O4+. The molecule has 0 bridgehead atoms. The number of nitriles is 1. The number of aryl methyl sites for hydroxylation is 1. The van der Waals surface area contributed by atoms with Crippen LogP contribution in [0, 0.1) is 28.4 Å². The van der Waals surface area contributed by atoms with E-state index in [1.807, 2.05) is 20.8 Å². The molecule has 0 unspecified atom stereocenters. The Kier molecular flexibility index (Phi) is 5.57. The maximum absolute atomic E-state index is 12.8. The van der Waals surface area contributed by atoms with E-state index in [4.69, 9.17) is 4.74 Å². The lowest BCUT2D eigenvalue weighted by Gasteiger charge is -2.34. The average Bonchev–Trinajstić information content (AvgIpc) is 2.78. The van der Waals surface area contributed by atoms with Gasteiger partial charge >= 0.3 is 0 Å². The van der Waals surface area contributed by atoms with Crippen molar-refractivity contribution in [2.45, 2.75) is 39.4 Å². The predicted molar refractivity (Wildman–Crippen MR) is 116 cm³/mol. The molecule has 1 fully saturated rings. The van der Waals surface area contributed by atoms with Gasteiger partial charge in [0.1, 0.15) is 30.4 Å². The van der Waals surface area contributed by atoms with E-state index in [9.17, 15) is 20.2 Å². The summed E-state index contributed by atoms with van der Waals surface area (Å²) in [5.74, 6) is 0.647. The summed E-state index contributed by atoms with van der Waals surface area (Å²) in [4.78, 5) is 30.4. The number of nitrogens with one attached hydrogen (secondary N) is 1. The molecule has 2 aliphatic heterocycles. The second-order valence-corrected chi connectivity index (χ2v) is 8.85. The molecule has 1 saturated heterocycles. The molecule has 1 N–H and O–H groups in total. The molecule has 0 atom stereocenters. The standard InChI is InChI=1S/C23H25N5O4/c1-15-20-14-32-23(2,3)12-18(20)19(13-24)21(25-15)26-8-10-27(11-9-26)22(29)16-4-6-17(7-5-16)28(30)31/h4-7H,8-12,14H2,1-3H3/p+1. The van der Waals surface area contributed by atoms with E-state index in [0.29, 0.717) is 50.3 Å². The lowest BCUT2D eigenvalue weighted by Crippen LogP contribution is -2.50. The summed E-state index contributed by atoms with van der Waals surface area (Å²) in [7, 11) is 0. The lowest BCUT2D eigenvalue weighted by atomic mass is 9.88. The molecule has 1 amide bonds. The van der Waals surface area contributed by atoms with Crippen molar-refractivity contribution in [1.82, 2.24) is 4.90 Å². The number of piperazine rings is 1. The molecule has 1 aromatic heterocycles. The van der Waals surface area contributed by atoms with Crippen LogP contribution in [0.1, 0.15) is 46.6 Å². The Morgan fingerprint density at radius 1 is 1.19 bits per heavy atom. The molecule has 1 aromatic carbocycles. The number of non-ortho nitro benzene ring substituents is 1. The van der Waals surface area contributed by atoms with E-state index in [-0.39, 0.29) is 17.2 Å². The number of carbonyl (C=O) groups is 1. The van der Waals surface area contributed by atoms with Crippen molar-refractivity contribution in [3.05, 3.63) is 62.3 Å². The molecule has 0 aliphatic carbocycles. The summed E-state index contributed by atoms with van der Waals surface area (Å²) in [6.45, 7) is 8.72. The summed E-state index contributed by atoms with van der Waals surface area (Å²) in [5, 5.41) is 20.8. The van der Waals surface area contributed by atoms with Crippen molar-refractivity contribution in [2.24, 2.45) is 0 Å². The van der Waals surface area contributed by atoms with E-state index in [1.54, 1.807) is 4.90 Å². The highest BCUT2D eigenvalue weighted by Gasteiger charge is 2.36. The molecule has 3 heterocycles. The Balaban J connectivity index is 1.52. The molecule has 166 valence electrons. The Labute approximate surface area is 186 Å². The van der Waals surface area contributed by atoms with Crippen molar-refractivity contribution in [3.63, 3.8) is 0 Å². The third-order valence-electron chi connectivity index (χ3n) is 6.19. The minimum atomic E-state index is -0.482. The van der Waals surface area contributed by atoms with Crippen molar-refractivity contribution < 1.29 is 19.4 Å². The fourth-order valence-corrected chi connectivity index (χ4v) is 4.37. The highest BCUT2D eigenvalue weighted by Crippen LogP contribution is 2.33. The van der Waals surface area contributed by atoms with Crippen LogP contribution in [0.4, 0.5) is 11.5 Å². The number of ether oxygens (including phenoxy) is 1. The first-order chi connectivity index (χ1) is 15.2. The van der Waals surface area contributed by atoms with Gasteiger partial charge in [0.25, 0.3) is 17.4 Å². The van der Waals surface area contributed by atoms with Gasteiger partial charge in [0.05, 0.1) is 30.2 Å². The first-order valence-electron chi connectivity index (χ1n) is 10.6. The quantitative estimate of drug-likeness (QED) is 0.539. The average molecular weight is 436 g/mol. The van der Waals surface area contributed by atoms with Gasteiger partial charge < -0.3 is 9.64 Å². The number of rotatable bonds is 3. The molecule has 4 rings (SSSR count). The summed E-state index contributed by atoms with van der Waals surface area (Å²) < 4.78 is 5.94. The number of fused-ring (bicyclic) bond motifs is 1. The Bertz CT molecular complexity index is 1110. The van der Waals surface area contributed by atoms with Crippen LogP contribution in [-0.4, -0.2) is 47.5 Å². The van der Waals surface area contributed by atoms with E-state index >= 15 is 0 Å². The van der Waals surface area contributed by atoms with Crippen LogP contribution in [0.3, 0.4) is 0 Å². The number of pyridine rings is 1. The van der Waals surface area contributed by atoms with Crippen molar-refractivity contribution in [1.29, 1.82) is 5.26 Å². The molecule has 9 nitrogen and oxygen atoms in total. The van der Waals surface area contributed by atoms with Crippen LogP contribution in [0.2, 0.25) is 0 Å². The number of hydrogen-bond acceptors (Lipinski definition) is 6. The van der Waals surface area contributed by atoms with Crippen LogP contribution in [0.25, 0.3) is 0 Å². The molecule has 32 heavy (non-hydrogen) atoms. The fourth-order valence-electron chi connectivity index (χ4n) is 4.37. The van der Waals surface area contributed by atoms with E-state index < -0.39 is 4.92 Å². The molecule has 2 aromatic rings. The number of H-pyrrole nitrogens is 1. The number of anilines is 1. The lowest BCUT2D eigenvalue weighted by molar-refractivity contribution is -0.384. The number of nitro benzene ring substituents is 1. The largest absolute Gasteiger partial charge is 0.370 e. The minimum absolute atomic E-state index is 0.0395. The third-order valence-corrected chi connectivity index (χ3v) is 6.19. The number of hydrogen-bond donors (Lipinski definition) is 0. The number of nitrogens with zero attached hydrogens (tertiary/aromatic N) is 4. The van der Waals surface area contributed by atoms with Gasteiger partial charge in [-0.05, 0) is 38.5 Å². The monoisotopic (exact) mass is 436 g/mol. The summed E-state index contributed by atoms with van der Waals surface area (Å²) in [6.07, 6.45) is 0.673. The van der Waals surface area contributed by atoms with Gasteiger partial charge in [-0.25, -0.2) is 4.98 Å². The second-order valence-electron chi connectivity index (χ2n) is 8.85. The first kappa shape index (κ1) is 21.7. The van der Waals surface area contributed by atoms with E-state index in [0.717, 1.165) is 22.6 Å². The van der Waals surface area contributed by atoms with Crippen LogP contribution in [-0.2, 0) is 17.8 Å². The number of aromatic amines is 1. The zero-order chi connectivity index (χ0) is 23.0. The maximum Gasteiger partial charge on any atom is 0.293 e. The van der Waals surface area contributed by atoms with Crippen molar-refractivity contribution in [3.8, 4) is 6.07 Å². The number of aromatic nitrogens is 1. The highest BCUT2D eigenvalue weighted by atomic mass is 16.6. The second kappa shape index (κ2) is 8.20. The van der Waals surface area contributed by atoms with Gasteiger partial charge in [-0.3, -0.25) is 19.8 Å². The molecular weight excluding hydrogens is 410 g/mol. The van der Waals surface area contributed by atoms with Crippen LogP contribution >= 0.6 is 0 Å². The molecule has 9 heteroatoms. The molecule has 0 spiro atoms. The number of amides is 1. The zero-order valence-corrected chi connectivity index (χ0v) is 18.5. The van der Waals surface area contributed by atoms with Crippen LogP contribution in [0.15, 0.2) is 24.3 Å². The van der Waals surface area contributed by atoms with Gasteiger partial charge in [0.15, 0.2) is 0 Å². The smallest absolute Gasteiger partial charge is 0.293 e. The Hall–Kier alpha value is -3.51. The Morgan fingerprint density at radius 2 is 1.84 bits per heavy atom. The fraction of sp³-hybridized carbons (Fsp3) is 0.435. The zero-order valence-electron chi connectivity index (χ0n) is 18.5. The SMILES string of the molecule is Cc1[nH+]c(N2CCN(C(=O)c3ccc([N+](=O)[O-])cc3)CC2)c(C#N)c2c1COC(C)(C)C2. The normalized spacial score (nSPS) is 17.4. The van der Waals surface area contributed by atoms with Gasteiger partial charge in [-0.1, -0.05) is 0 Å². The van der Waals surface area contributed by atoms with Crippen molar-refractivity contribution >= 4 is 17.4 Å². The predicted octanol–water partition coefficient (Wildman–Crippen LogP) is 2.40. The summed E-state index contributed by atoms with van der Waals surface area (Å²) >= 11 is 0. The maximum atomic E-state index is 12.8. The van der Waals surface area contributed by atoms with Gasteiger partial charge in [-0.15, -0.1) is 0 Å². The molecule has 0 saturated carbocycles. The molecule has 0 radical (unpaired) electrons. The first-order valence-corrected chi connectivity index (χ1v) is 10.6. The minimum Gasteiger partial charge on any atom is -0.370 e. The highest BCUT2D eigenvalue weighted by molar-refractivity contribution is 5.94. The summed E-state index contributed by atoms with van der Waals surface area (Å²) in [5.41, 5.74) is 3.81. The van der Waals surface area contributed by atoms with Crippen LogP contribution in [0.5, 0.6) is 0 Å². The van der Waals surface area contributed by atoms with Gasteiger partial charge in [0, 0.05) is 29.7 Å². The summed E-state index contributed by atoms with van der Waals surface area (Å²) in [6, 6.07) is 8.07. The number of nitro groups is 1. The third kappa shape index (κ3) is 4.01. The van der Waals surface area contributed by atoms with Gasteiger partial charge in [-0.2, -0.15) is 5.26 Å². The molecule has 2 aliphatic rings. The van der Waals surface area contributed by atoms with Crippen molar-refractivity contribution in [2.75, 3.05) is 31.1 Å². The van der Waals surface area contributed by atoms with E-state index in [1.165, 1.54) is 24.3 Å². The van der Waals surface area contributed by atoms with Gasteiger partial charge in [0.2, 0.25) is 0 Å².